The molecule has 2 heterocycles. The van der Waals surface area contributed by atoms with Crippen molar-refractivity contribution in [2.75, 3.05) is 31.1 Å². The molecule has 8 heteroatoms. The maximum Gasteiger partial charge on any atom is 0.326 e. The second-order valence-corrected chi connectivity index (χ2v) is 7.62. The number of carbonyl (C=O) groups excluding carboxylic acids is 1. The highest BCUT2D eigenvalue weighted by Crippen LogP contribution is 2.19. The van der Waals surface area contributed by atoms with E-state index < -0.39 is 21.8 Å². The van der Waals surface area contributed by atoms with E-state index in [4.69, 9.17) is 0 Å². The number of rotatable bonds is 1. The summed E-state index contributed by atoms with van der Waals surface area (Å²) in [7, 11) is -3.05. The summed E-state index contributed by atoms with van der Waals surface area (Å²) in [6.45, 7) is 0.743. The van der Waals surface area contributed by atoms with Gasteiger partial charge in [-0.25, -0.2) is 18.0 Å². The van der Waals surface area contributed by atoms with Crippen LogP contribution in [0.1, 0.15) is 25.7 Å². The Morgan fingerprint density at radius 2 is 1.65 bits per heavy atom. The zero-order valence-corrected chi connectivity index (χ0v) is 12.1. The van der Waals surface area contributed by atoms with Crippen LogP contribution in [0.4, 0.5) is 4.79 Å². The molecular formula is C12H20N2O5S. The summed E-state index contributed by atoms with van der Waals surface area (Å²) in [6, 6.07) is -1.13. The van der Waals surface area contributed by atoms with Crippen LogP contribution in [0.15, 0.2) is 0 Å². The molecule has 114 valence electrons. The van der Waals surface area contributed by atoms with Crippen molar-refractivity contribution in [1.82, 2.24) is 9.80 Å². The smallest absolute Gasteiger partial charge is 0.326 e. The maximum atomic E-state index is 12.4. The summed E-state index contributed by atoms with van der Waals surface area (Å²) in [5.41, 5.74) is 0. The third-order valence-electron chi connectivity index (χ3n) is 3.90. The van der Waals surface area contributed by atoms with Crippen molar-refractivity contribution in [3.05, 3.63) is 0 Å². The fourth-order valence-electron chi connectivity index (χ4n) is 2.68. The van der Waals surface area contributed by atoms with Crippen molar-refractivity contribution in [1.29, 1.82) is 0 Å². The first-order chi connectivity index (χ1) is 9.41. The molecule has 2 aliphatic heterocycles. The normalized spacial score (nSPS) is 26.9. The molecule has 0 saturated carbocycles. The first-order valence-electron chi connectivity index (χ1n) is 6.89. The van der Waals surface area contributed by atoms with Gasteiger partial charge in [-0.05, 0) is 12.8 Å². The van der Waals surface area contributed by atoms with Gasteiger partial charge in [-0.2, -0.15) is 0 Å². The number of carboxylic acids is 1. The molecule has 0 aliphatic carbocycles. The molecule has 0 spiro atoms. The van der Waals surface area contributed by atoms with Gasteiger partial charge in [0.1, 0.15) is 6.04 Å². The van der Waals surface area contributed by atoms with E-state index in [9.17, 15) is 23.1 Å². The third kappa shape index (κ3) is 3.41. The van der Waals surface area contributed by atoms with E-state index in [2.05, 4.69) is 0 Å². The molecule has 0 bridgehead atoms. The molecular weight excluding hydrogens is 284 g/mol. The Balaban J connectivity index is 2.07. The Morgan fingerprint density at radius 3 is 2.25 bits per heavy atom. The Bertz CT molecular complexity index is 476. The molecule has 2 amide bonds. The molecule has 0 aromatic carbocycles. The number of amides is 2. The Kier molecular flexibility index (Phi) is 4.52. The lowest BCUT2D eigenvalue weighted by Gasteiger charge is -2.35. The van der Waals surface area contributed by atoms with Crippen LogP contribution in [0.5, 0.6) is 0 Å². The minimum absolute atomic E-state index is 0.0374. The zero-order chi connectivity index (χ0) is 14.8. The number of sulfone groups is 1. The number of nitrogens with zero attached hydrogens (tertiary/aromatic N) is 2. The average Bonchev–Trinajstić information content (AvgIpc) is 2.63. The van der Waals surface area contributed by atoms with E-state index >= 15 is 0 Å². The number of urea groups is 1. The topological polar surface area (TPSA) is 95.0 Å². The summed E-state index contributed by atoms with van der Waals surface area (Å²) in [4.78, 5) is 26.6. The van der Waals surface area contributed by atoms with Crippen molar-refractivity contribution in [2.24, 2.45) is 0 Å². The third-order valence-corrected chi connectivity index (χ3v) is 5.51. The molecule has 7 nitrogen and oxygen atoms in total. The maximum absolute atomic E-state index is 12.4. The standard InChI is InChI=1S/C12H20N2O5S/c15-11(16)10-4-2-1-3-5-14(10)12(17)13-6-8-20(18,19)9-7-13/h10H,1-9H2,(H,15,16). The molecule has 1 unspecified atom stereocenters. The van der Waals surface area contributed by atoms with Crippen LogP contribution in [0.3, 0.4) is 0 Å². The molecule has 2 fully saturated rings. The molecule has 2 aliphatic rings. The molecule has 0 aromatic heterocycles. The number of likely N-dealkylation sites (tertiary alicyclic amines) is 1. The molecule has 0 radical (unpaired) electrons. The molecule has 2 rings (SSSR count). The van der Waals surface area contributed by atoms with Crippen molar-refractivity contribution in [2.45, 2.75) is 31.7 Å². The van der Waals surface area contributed by atoms with Gasteiger partial charge in [0.2, 0.25) is 0 Å². The largest absolute Gasteiger partial charge is 0.480 e. The fourth-order valence-corrected chi connectivity index (χ4v) is 3.88. The first-order valence-corrected chi connectivity index (χ1v) is 8.71. The fraction of sp³-hybridized carbons (Fsp3) is 0.833. The monoisotopic (exact) mass is 304 g/mol. The summed E-state index contributed by atoms with van der Waals surface area (Å²) >= 11 is 0. The Morgan fingerprint density at radius 1 is 1.00 bits per heavy atom. The zero-order valence-electron chi connectivity index (χ0n) is 11.3. The first kappa shape index (κ1) is 15.1. The van der Waals surface area contributed by atoms with Gasteiger partial charge in [-0.3, -0.25) is 0 Å². The van der Waals surface area contributed by atoms with Gasteiger partial charge in [-0.15, -0.1) is 0 Å². The predicted molar refractivity (Wildman–Crippen MR) is 72.2 cm³/mol. The average molecular weight is 304 g/mol. The van der Waals surface area contributed by atoms with Crippen LogP contribution in [0.25, 0.3) is 0 Å². The number of carboxylic acid groups (broad SMARTS) is 1. The van der Waals surface area contributed by atoms with Crippen LogP contribution in [0, 0.1) is 0 Å². The Labute approximate surface area is 118 Å². The quantitative estimate of drug-likeness (QED) is 0.745. The summed E-state index contributed by atoms with van der Waals surface area (Å²) in [5.74, 6) is -1.06. The van der Waals surface area contributed by atoms with Crippen LogP contribution in [-0.2, 0) is 14.6 Å². The highest BCUT2D eigenvalue weighted by molar-refractivity contribution is 7.91. The highest BCUT2D eigenvalue weighted by atomic mass is 32.2. The summed E-state index contributed by atoms with van der Waals surface area (Å²) in [5, 5.41) is 9.26. The molecule has 1 atom stereocenters. The lowest BCUT2D eigenvalue weighted by atomic mass is 10.1. The Hall–Kier alpha value is -1.31. The van der Waals surface area contributed by atoms with E-state index in [-0.39, 0.29) is 30.6 Å². The minimum atomic E-state index is -3.05. The van der Waals surface area contributed by atoms with Crippen LogP contribution in [-0.4, -0.2) is 72.5 Å². The second-order valence-electron chi connectivity index (χ2n) is 5.32. The molecule has 0 aromatic rings. The van der Waals surface area contributed by atoms with Crippen molar-refractivity contribution in [3.8, 4) is 0 Å². The SMILES string of the molecule is O=C(O)C1CCCCCN1C(=O)N1CCS(=O)(=O)CC1. The van der Waals surface area contributed by atoms with E-state index in [0.29, 0.717) is 13.0 Å². The van der Waals surface area contributed by atoms with E-state index in [0.717, 1.165) is 19.3 Å². The summed E-state index contributed by atoms with van der Waals surface area (Å²) < 4.78 is 22.8. The van der Waals surface area contributed by atoms with Gasteiger partial charge in [0, 0.05) is 19.6 Å². The van der Waals surface area contributed by atoms with Gasteiger partial charge in [-0.1, -0.05) is 12.8 Å². The molecule has 1 N–H and O–H groups in total. The number of hydrogen-bond donors (Lipinski definition) is 1. The number of hydrogen-bond acceptors (Lipinski definition) is 4. The van der Waals surface area contributed by atoms with Gasteiger partial charge in [0.05, 0.1) is 11.5 Å². The predicted octanol–water partition coefficient (Wildman–Crippen LogP) is 0.166. The highest BCUT2D eigenvalue weighted by Gasteiger charge is 2.35. The van der Waals surface area contributed by atoms with E-state index in [1.807, 2.05) is 0 Å². The van der Waals surface area contributed by atoms with Gasteiger partial charge in [0.15, 0.2) is 9.84 Å². The van der Waals surface area contributed by atoms with Crippen LogP contribution < -0.4 is 0 Å². The van der Waals surface area contributed by atoms with Crippen molar-refractivity contribution in [3.63, 3.8) is 0 Å². The van der Waals surface area contributed by atoms with Gasteiger partial charge in [0.25, 0.3) is 0 Å². The summed E-state index contributed by atoms with van der Waals surface area (Å²) in [6.07, 6.45) is 2.98. The van der Waals surface area contributed by atoms with Crippen molar-refractivity contribution >= 4 is 21.8 Å². The van der Waals surface area contributed by atoms with E-state index in [1.54, 1.807) is 0 Å². The molecule has 20 heavy (non-hydrogen) atoms. The second kappa shape index (κ2) is 5.99. The lowest BCUT2D eigenvalue weighted by Crippen LogP contribution is -2.54. The molecule has 2 saturated heterocycles. The van der Waals surface area contributed by atoms with Crippen LogP contribution in [0.2, 0.25) is 0 Å². The number of carbonyl (C=O) groups is 2. The van der Waals surface area contributed by atoms with E-state index in [1.165, 1.54) is 9.80 Å². The minimum Gasteiger partial charge on any atom is -0.480 e. The van der Waals surface area contributed by atoms with Crippen molar-refractivity contribution < 1.29 is 23.1 Å². The number of aliphatic carboxylic acids is 1. The van der Waals surface area contributed by atoms with Gasteiger partial charge < -0.3 is 14.9 Å². The van der Waals surface area contributed by atoms with Crippen LogP contribution >= 0.6 is 0 Å². The van der Waals surface area contributed by atoms with Gasteiger partial charge >= 0.3 is 12.0 Å². The lowest BCUT2D eigenvalue weighted by molar-refractivity contribution is -0.142.